The first-order valence-corrected chi connectivity index (χ1v) is 5.47. The highest BCUT2D eigenvalue weighted by Gasteiger charge is 2.10. The summed E-state index contributed by atoms with van der Waals surface area (Å²) in [7, 11) is 0. The van der Waals surface area contributed by atoms with E-state index in [0.717, 1.165) is 5.56 Å². The molecule has 0 atom stereocenters. The number of ether oxygens (including phenoxy) is 1. The molecule has 0 aliphatic carbocycles. The van der Waals surface area contributed by atoms with E-state index in [1.54, 1.807) is 19.1 Å². The molecule has 18 heavy (non-hydrogen) atoms. The van der Waals surface area contributed by atoms with Crippen LogP contribution < -0.4 is 4.74 Å². The van der Waals surface area contributed by atoms with Gasteiger partial charge in [0.15, 0.2) is 11.6 Å². The van der Waals surface area contributed by atoms with Gasteiger partial charge in [0.1, 0.15) is 5.82 Å². The van der Waals surface area contributed by atoms with E-state index in [1.807, 2.05) is 6.92 Å². The summed E-state index contributed by atoms with van der Waals surface area (Å²) >= 11 is 0. The van der Waals surface area contributed by atoms with Gasteiger partial charge in [-0.15, -0.1) is 0 Å². The number of hydrogen-bond acceptors (Lipinski definition) is 4. The molecule has 1 aromatic carbocycles. The van der Waals surface area contributed by atoms with Crippen molar-refractivity contribution in [3.63, 3.8) is 0 Å². The molecule has 0 bridgehead atoms. The maximum atomic E-state index is 13.6. The summed E-state index contributed by atoms with van der Waals surface area (Å²) in [5.41, 5.74) is 1.30. The molecular weight excluding hydrogens is 235 g/mol. The predicted molar refractivity (Wildman–Crippen MR) is 63.9 cm³/mol. The number of aryl methyl sites for hydroxylation is 2. The first-order chi connectivity index (χ1) is 8.60. The van der Waals surface area contributed by atoms with Gasteiger partial charge < -0.3 is 9.84 Å². The summed E-state index contributed by atoms with van der Waals surface area (Å²) in [5.74, 6) is 0.285. The number of aliphatic hydroxyl groups excluding tert-OH is 1. The molecule has 4 nitrogen and oxygen atoms in total. The van der Waals surface area contributed by atoms with Crippen LogP contribution in [0.15, 0.2) is 24.4 Å². The van der Waals surface area contributed by atoms with Crippen molar-refractivity contribution in [1.29, 1.82) is 0 Å². The molecule has 0 spiro atoms. The van der Waals surface area contributed by atoms with Crippen molar-refractivity contribution in [2.24, 2.45) is 0 Å². The lowest BCUT2D eigenvalue weighted by atomic mass is 10.2. The van der Waals surface area contributed by atoms with Crippen LogP contribution in [0.3, 0.4) is 0 Å². The molecular formula is C13H13FN2O2. The van der Waals surface area contributed by atoms with Crippen LogP contribution in [0.2, 0.25) is 0 Å². The zero-order valence-corrected chi connectivity index (χ0v) is 10.1. The molecule has 0 fully saturated rings. The number of aromatic nitrogens is 2. The molecule has 94 valence electrons. The lowest BCUT2D eigenvalue weighted by Crippen LogP contribution is -2.00. The summed E-state index contributed by atoms with van der Waals surface area (Å²) in [6.07, 6.45) is 1.46. The lowest BCUT2D eigenvalue weighted by molar-refractivity contribution is 0.273. The highest BCUT2D eigenvalue weighted by atomic mass is 19.1. The van der Waals surface area contributed by atoms with E-state index >= 15 is 0 Å². The monoisotopic (exact) mass is 248 g/mol. The van der Waals surface area contributed by atoms with Crippen LogP contribution in [0, 0.1) is 19.7 Å². The Morgan fingerprint density at radius 3 is 2.83 bits per heavy atom. The minimum absolute atomic E-state index is 0.0859. The van der Waals surface area contributed by atoms with Crippen molar-refractivity contribution in [1.82, 2.24) is 9.97 Å². The maximum absolute atomic E-state index is 13.6. The van der Waals surface area contributed by atoms with Crippen LogP contribution in [0.1, 0.15) is 17.0 Å². The highest BCUT2D eigenvalue weighted by molar-refractivity contribution is 5.34. The molecule has 2 rings (SSSR count). The third-order valence-corrected chi connectivity index (χ3v) is 2.41. The fraction of sp³-hybridized carbons (Fsp3) is 0.231. The van der Waals surface area contributed by atoms with E-state index < -0.39 is 5.82 Å². The lowest BCUT2D eigenvalue weighted by Gasteiger charge is -2.10. The minimum Gasteiger partial charge on any atom is -0.435 e. The molecule has 1 heterocycles. The minimum atomic E-state index is -0.472. The van der Waals surface area contributed by atoms with E-state index in [1.165, 1.54) is 12.3 Å². The normalized spacial score (nSPS) is 10.4. The third kappa shape index (κ3) is 2.62. The van der Waals surface area contributed by atoms with Gasteiger partial charge in [0.25, 0.3) is 0 Å². The number of hydrogen-bond donors (Lipinski definition) is 1. The second-order valence-electron chi connectivity index (χ2n) is 3.94. The fourth-order valence-electron chi connectivity index (χ4n) is 1.46. The van der Waals surface area contributed by atoms with Crippen molar-refractivity contribution >= 4 is 0 Å². The van der Waals surface area contributed by atoms with Gasteiger partial charge in [0.2, 0.25) is 5.88 Å². The zero-order valence-electron chi connectivity index (χ0n) is 10.1. The smallest absolute Gasteiger partial charge is 0.228 e. The van der Waals surface area contributed by atoms with Crippen molar-refractivity contribution in [3.05, 3.63) is 47.2 Å². The average Bonchev–Trinajstić information content (AvgIpc) is 2.34. The molecule has 0 radical (unpaired) electrons. The van der Waals surface area contributed by atoms with Crippen molar-refractivity contribution in [2.75, 3.05) is 0 Å². The fourth-order valence-corrected chi connectivity index (χ4v) is 1.46. The van der Waals surface area contributed by atoms with Gasteiger partial charge in [-0.1, -0.05) is 6.07 Å². The van der Waals surface area contributed by atoms with Crippen LogP contribution in [-0.4, -0.2) is 15.1 Å². The van der Waals surface area contributed by atoms with Crippen molar-refractivity contribution in [3.8, 4) is 11.6 Å². The van der Waals surface area contributed by atoms with Crippen LogP contribution in [0.5, 0.6) is 11.6 Å². The second-order valence-corrected chi connectivity index (χ2v) is 3.94. The Bertz CT molecular complexity index is 573. The maximum Gasteiger partial charge on any atom is 0.228 e. The number of halogens is 1. The number of nitrogens with zero attached hydrogens (tertiary/aromatic N) is 2. The molecule has 1 aromatic heterocycles. The second kappa shape index (κ2) is 5.10. The van der Waals surface area contributed by atoms with Crippen LogP contribution in [-0.2, 0) is 6.61 Å². The molecule has 5 heteroatoms. The number of aliphatic hydroxyl groups is 1. The molecule has 0 aliphatic rings. The Balaban J connectivity index is 2.38. The first-order valence-electron chi connectivity index (χ1n) is 5.47. The van der Waals surface area contributed by atoms with Crippen LogP contribution in [0.4, 0.5) is 4.39 Å². The summed E-state index contributed by atoms with van der Waals surface area (Å²) in [5, 5.41) is 9.16. The van der Waals surface area contributed by atoms with Gasteiger partial charge >= 0.3 is 0 Å². The Labute approximate surface area is 104 Å². The Morgan fingerprint density at radius 1 is 1.33 bits per heavy atom. The van der Waals surface area contributed by atoms with Crippen LogP contribution in [0.25, 0.3) is 0 Å². The number of benzene rings is 1. The molecule has 0 saturated heterocycles. The van der Waals surface area contributed by atoms with Crippen molar-refractivity contribution < 1.29 is 14.2 Å². The van der Waals surface area contributed by atoms with Crippen molar-refractivity contribution in [2.45, 2.75) is 20.5 Å². The topological polar surface area (TPSA) is 55.2 Å². The molecule has 0 saturated carbocycles. The van der Waals surface area contributed by atoms with E-state index in [2.05, 4.69) is 9.97 Å². The van der Waals surface area contributed by atoms with E-state index in [4.69, 9.17) is 9.84 Å². The molecule has 0 unspecified atom stereocenters. The highest BCUT2D eigenvalue weighted by Crippen LogP contribution is 2.26. The van der Waals surface area contributed by atoms with Gasteiger partial charge in [-0.2, -0.15) is 4.98 Å². The molecule has 1 N–H and O–H groups in total. The molecule has 0 amide bonds. The predicted octanol–water partition coefficient (Wildman–Crippen LogP) is 2.52. The van der Waals surface area contributed by atoms with Gasteiger partial charge in [-0.05, 0) is 31.5 Å². The summed E-state index contributed by atoms with van der Waals surface area (Å²) in [6.45, 7) is 3.27. The average molecular weight is 248 g/mol. The summed E-state index contributed by atoms with van der Waals surface area (Å²) < 4.78 is 19.0. The standard InChI is InChI=1S/C13H13FN2O2/c1-8-3-4-11(14)12(5-8)18-13-10(7-17)6-15-9(2)16-13/h3-6,17H,7H2,1-2H3. The van der Waals surface area contributed by atoms with Crippen LogP contribution >= 0.6 is 0 Å². The Morgan fingerprint density at radius 2 is 2.11 bits per heavy atom. The quantitative estimate of drug-likeness (QED) is 0.906. The summed E-state index contributed by atoms with van der Waals surface area (Å²) in [4.78, 5) is 8.00. The van der Waals surface area contributed by atoms with E-state index in [-0.39, 0.29) is 18.2 Å². The first kappa shape index (κ1) is 12.4. The van der Waals surface area contributed by atoms with E-state index in [9.17, 15) is 4.39 Å². The molecule has 0 aliphatic heterocycles. The third-order valence-electron chi connectivity index (χ3n) is 2.41. The zero-order chi connectivity index (χ0) is 13.1. The molecule has 2 aromatic rings. The number of rotatable bonds is 3. The Kier molecular flexibility index (Phi) is 3.53. The SMILES string of the molecule is Cc1ccc(F)c(Oc2nc(C)ncc2CO)c1. The van der Waals surface area contributed by atoms with Gasteiger partial charge in [-0.3, -0.25) is 0 Å². The Hall–Kier alpha value is -2.01. The van der Waals surface area contributed by atoms with Gasteiger partial charge in [-0.25, -0.2) is 9.37 Å². The summed E-state index contributed by atoms with van der Waals surface area (Å²) in [6, 6.07) is 4.56. The van der Waals surface area contributed by atoms with E-state index in [0.29, 0.717) is 11.4 Å². The largest absolute Gasteiger partial charge is 0.435 e. The van der Waals surface area contributed by atoms with Gasteiger partial charge in [0, 0.05) is 6.20 Å². The van der Waals surface area contributed by atoms with Gasteiger partial charge in [0.05, 0.1) is 12.2 Å².